The minimum atomic E-state index is -0.537. The molecule has 0 aliphatic rings. The Hall–Kier alpha value is -3.73. The number of esters is 2. The van der Waals surface area contributed by atoms with Crippen LogP contribution in [0.15, 0.2) is 78.9 Å². The highest BCUT2D eigenvalue weighted by atomic mass is 16.5. The van der Waals surface area contributed by atoms with E-state index >= 15 is 0 Å². The van der Waals surface area contributed by atoms with Crippen LogP contribution in [0, 0.1) is 0 Å². The van der Waals surface area contributed by atoms with Crippen molar-refractivity contribution in [1.82, 2.24) is 0 Å². The minimum Gasteiger partial charge on any atom is -0.457 e. The third-order valence-electron chi connectivity index (χ3n) is 3.80. The van der Waals surface area contributed by atoms with E-state index in [0.29, 0.717) is 28.5 Å². The van der Waals surface area contributed by atoms with Crippen molar-refractivity contribution in [3.05, 3.63) is 101 Å². The lowest BCUT2D eigenvalue weighted by Crippen LogP contribution is -2.11. The van der Waals surface area contributed by atoms with Gasteiger partial charge in [-0.15, -0.1) is 0 Å². The average molecular weight is 360 g/mol. The molecule has 0 spiro atoms. The maximum Gasteiger partial charge on any atom is 0.343 e. The molecule has 0 unspecified atom stereocenters. The van der Waals surface area contributed by atoms with Gasteiger partial charge in [0.2, 0.25) is 0 Å². The second kappa shape index (κ2) is 8.58. The van der Waals surface area contributed by atoms with Crippen molar-refractivity contribution >= 4 is 18.2 Å². The van der Waals surface area contributed by atoms with Crippen LogP contribution in [-0.4, -0.2) is 18.2 Å². The molecule has 0 bridgehead atoms. The summed E-state index contributed by atoms with van der Waals surface area (Å²) in [7, 11) is 0. The molecule has 0 aromatic heterocycles. The third-order valence-corrected chi connectivity index (χ3v) is 3.80. The van der Waals surface area contributed by atoms with Crippen LogP contribution in [0.1, 0.15) is 36.6 Å². The largest absolute Gasteiger partial charge is 0.457 e. The number of ether oxygens (including phenoxy) is 2. The normalized spacial score (nSPS) is 10.1. The van der Waals surface area contributed by atoms with Gasteiger partial charge in [0.1, 0.15) is 18.6 Å². The van der Waals surface area contributed by atoms with E-state index in [9.17, 15) is 14.4 Å². The maximum atomic E-state index is 12.3. The number of hydrogen-bond donors (Lipinski definition) is 0. The Bertz CT molecular complexity index is 949. The van der Waals surface area contributed by atoms with Crippen molar-refractivity contribution in [3.8, 4) is 5.75 Å². The Morgan fingerprint density at radius 1 is 0.778 bits per heavy atom. The first-order valence-corrected chi connectivity index (χ1v) is 8.25. The molecule has 134 valence electrons. The van der Waals surface area contributed by atoms with Crippen molar-refractivity contribution in [2.45, 2.75) is 6.61 Å². The number of benzene rings is 3. The summed E-state index contributed by atoms with van der Waals surface area (Å²) in [5, 5.41) is 0. The number of carbonyl (C=O) groups excluding carboxylic acids is 3. The molecule has 0 heterocycles. The monoisotopic (exact) mass is 360 g/mol. The molecule has 0 atom stereocenters. The van der Waals surface area contributed by atoms with Crippen LogP contribution in [0.5, 0.6) is 5.75 Å². The van der Waals surface area contributed by atoms with Crippen LogP contribution in [0.25, 0.3) is 0 Å². The van der Waals surface area contributed by atoms with E-state index in [1.807, 2.05) is 0 Å². The smallest absolute Gasteiger partial charge is 0.343 e. The van der Waals surface area contributed by atoms with Crippen LogP contribution < -0.4 is 4.74 Å². The fraction of sp³-hybridized carbons (Fsp3) is 0.0455. The van der Waals surface area contributed by atoms with Crippen molar-refractivity contribution < 1.29 is 23.9 Å². The van der Waals surface area contributed by atoms with E-state index in [-0.39, 0.29) is 12.4 Å². The molecule has 0 saturated carbocycles. The Morgan fingerprint density at radius 3 is 1.96 bits per heavy atom. The molecule has 3 aromatic carbocycles. The van der Waals surface area contributed by atoms with E-state index < -0.39 is 11.9 Å². The molecule has 0 aliphatic heterocycles. The molecule has 5 nitrogen and oxygen atoms in total. The molecule has 5 heteroatoms. The number of carbonyl (C=O) groups is 3. The summed E-state index contributed by atoms with van der Waals surface area (Å²) >= 11 is 0. The molecule has 0 saturated heterocycles. The van der Waals surface area contributed by atoms with Crippen LogP contribution in [-0.2, 0) is 11.3 Å². The van der Waals surface area contributed by atoms with E-state index in [0.717, 1.165) is 0 Å². The van der Waals surface area contributed by atoms with Crippen LogP contribution >= 0.6 is 0 Å². The van der Waals surface area contributed by atoms with Gasteiger partial charge in [0.15, 0.2) is 0 Å². The quantitative estimate of drug-likeness (QED) is 0.376. The molecule has 3 rings (SSSR count). The Balaban J connectivity index is 1.77. The first-order valence-electron chi connectivity index (χ1n) is 8.25. The molecule has 0 aliphatic carbocycles. The Morgan fingerprint density at radius 2 is 1.37 bits per heavy atom. The molecule has 3 aromatic rings. The summed E-state index contributed by atoms with van der Waals surface area (Å²) in [6.45, 7) is -0.132. The lowest BCUT2D eigenvalue weighted by Gasteiger charge is -2.11. The van der Waals surface area contributed by atoms with Gasteiger partial charge in [-0.1, -0.05) is 36.4 Å². The fourth-order valence-electron chi connectivity index (χ4n) is 2.42. The number of aldehydes is 1. The highest BCUT2D eigenvalue weighted by molar-refractivity contribution is 5.91. The van der Waals surface area contributed by atoms with Gasteiger partial charge in [0, 0.05) is 11.1 Å². The van der Waals surface area contributed by atoms with E-state index in [4.69, 9.17) is 9.47 Å². The lowest BCUT2D eigenvalue weighted by molar-refractivity contribution is 0.0469. The second-order valence-corrected chi connectivity index (χ2v) is 5.68. The fourth-order valence-corrected chi connectivity index (χ4v) is 2.42. The standard InChI is InChI=1S/C22H16O5/c23-14-16-11-12-20(27-22(25)18-9-5-2-6-10-18)19(13-16)15-26-21(24)17-7-3-1-4-8-17/h1-14H,15H2. The molecular weight excluding hydrogens is 344 g/mol. The predicted octanol–water partition coefficient (Wildman–Crippen LogP) is 4.08. The molecule has 0 fully saturated rings. The SMILES string of the molecule is O=Cc1ccc(OC(=O)c2ccccc2)c(COC(=O)c2ccccc2)c1. The van der Waals surface area contributed by atoms with E-state index in [1.54, 1.807) is 60.7 Å². The summed E-state index contributed by atoms with van der Waals surface area (Å²) in [6.07, 6.45) is 0.672. The first kappa shape index (κ1) is 18.1. The maximum absolute atomic E-state index is 12.3. The summed E-state index contributed by atoms with van der Waals surface area (Å²) in [5.41, 5.74) is 1.62. The van der Waals surface area contributed by atoms with Gasteiger partial charge in [-0.3, -0.25) is 4.79 Å². The van der Waals surface area contributed by atoms with Gasteiger partial charge in [-0.05, 0) is 42.5 Å². The third kappa shape index (κ3) is 4.67. The van der Waals surface area contributed by atoms with Gasteiger partial charge in [-0.25, -0.2) is 9.59 Å². The van der Waals surface area contributed by atoms with Gasteiger partial charge in [-0.2, -0.15) is 0 Å². The average Bonchev–Trinajstić information content (AvgIpc) is 2.74. The van der Waals surface area contributed by atoms with E-state index in [2.05, 4.69) is 0 Å². The molecule has 0 N–H and O–H groups in total. The van der Waals surface area contributed by atoms with Crippen molar-refractivity contribution in [2.24, 2.45) is 0 Å². The number of rotatable bonds is 6. The summed E-state index contributed by atoms with van der Waals surface area (Å²) in [5.74, 6) is -0.812. The predicted molar refractivity (Wildman–Crippen MR) is 98.8 cm³/mol. The Kier molecular flexibility index (Phi) is 5.74. The zero-order chi connectivity index (χ0) is 19.1. The van der Waals surface area contributed by atoms with Crippen molar-refractivity contribution in [1.29, 1.82) is 0 Å². The number of hydrogen-bond acceptors (Lipinski definition) is 5. The van der Waals surface area contributed by atoms with Crippen LogP contribution in [0.3, 0.4) is 0 Å². The zero-order valence-electron chi connectivity index (χ0n) is 14.3. The van der Waals surface area contributed by atoms with Crippen LogP contribution in [0.4, 0.5) is 0 Å². The van der Waals surface area contributed by atoms with Crippen molar-refractivity contribution in [3.63, 3.8) is 0 Å². The topological polar surface area (TPSA) is 69.7 Å². The first-order chi connectivity index (χ1) is 13.2. The van der Waals surface area contributed by atoms with Crippen LogP contribution in [0.2, 0.25) is 0 Å². The Labute approximate surface area is 156 Å². The minimum absolute atomic E-state index is 0.132. The van der Waals surface area contributed by atoms with E-state index in [1.165, 1.54) is 18.2 Å². The zero-order valence-corrected chi connectivity index (χ0v) is 14.3. The van der Waals surface area contributed by atoms with Gasteiger partial charge in [0.25, 0.3) is 0 Å². The summed E-state index contributed by atoms with van der Waals surface area (Å²) < 4.78 is 10.7. The highest BCUT2D eigenvalue weighted by Gasteiger charge is 2.14. The van der Waals surface area contributed by atoms with Gasteiger partial charge in [0.05, 0.1) is 11.1 Å². The molecule has 27 heavy (non-hydrogen) atoms. The highest BCUT2D eigenvalue weighted by Crippen LogP contribution is 2.22. The second-order valence-electron chi connectivity index (χ2n) is 5.68. The summed E-state index contributed by atoms with van der Waals surface area (Å²) in [6, 6.07) is 21.6. The lowest BCUT2D eigenvalue weighted by atomic mass is 10.1. The van der Waals surface area contributed by atoms with Crippen molar-refractivity contribution in [2.75, 3.05) is 0 Å². The molecular formula is C22H16O5. The molecule has 0 amide bonds. The summed E-state index contributed by atoms with van der Waals surface area (Å²) in [4.78, 5) is 35.5. The molecule has 0 radical (unpaired) electrons. The van der Waals surface area contributed by atoms with Gasteiger partial charge >= 0.3 is 11.9 Å². The van der Waals surface area contributed by atoms with Gasteiger partial charge < -0.3 is 9.47 Å².